The van der Waals surface area contributed by atoms with Gasteiger partial charge in [-0.25, -0.2) is 14.4 Å². The van der Waals surface area contributed by atoms with E-state index in [1.54, 1.807) is 12.3 Å². The summed E-state index contributed by atoms with van der Waals surface area (Å²) in [5.41, 5.74) is 2.16. The Morgan fingerprint density at radius 1 is 1.12 bits per heavy atom. The molecule has 1 aromatic carbocycles. The number of aromatic nitrogens is 2. The van der Waals surface area contributed by atoms with E-state index in [1.165, 1.54) is 29.0 Å². The lowest BCUT2D eigenvalue weighted by Gasteiger charge is -2.23. The van der Waals surface area contributed by atoms with Gasteiger partial charge in [-0.15, -0.1) is 0 Å². The number of hydrogen-bond acceptors (Lipinski definition) is 5. The first-order chi connectivity index (χ1) is 12.3. The van der Waals surface area contributed by atoms with Crippen LogP contribution in [0.5, 0.6) is 0 Å². The van der Waals surface area contributed by atoms with Gasteiger partial charge in [-0.1, -0.05) is 23.5 Å². The molecule has 4 nitrogen and oxygen atoms in total. The second-order valence-corrected chi connectivity index (χ2v) is 7.19. The van der Waals surface area contributed by atoms with Gasteiger partial charge < -0.3 is 10.6 Å². The van der Waals surface area contributed by atoms with Crippen molar-refractivity contribution in [2.75, 3.05) is 18.4 Å². The number of rotatable bonds is 4. The van der Waals surface area contributed by atoms with E-state index in [9.17, 15) is 4.39 Å². The molecule has 0 bridgehead atoms. The third kappa shape index (κ3) is 3.86. The molecule has 0 spiro atoms. The fourth-order valence-electron chi connectivity index (χ4n) is 3.14. The maximum atomic E-state index is 13.4. The van der Waals surface area contributed by atoms with Crippen LogP contribution in [0.25, 0.3) is 10.4 Å². The van der Waals surface area contributed by atoms with Crippen molar-refractivity contribution in [2.45, 2.75) is 18.8 Å². The SMILES string of the molecule is Fc1cccc(-c2cnc(Nc3cc(C4CCNCC4)ccn3)s2)c1. The summed E-state index contributed by atoms with van der Waals surface area (Å²) in [6.45, 7) is 2.14. The van der Waals surface area contributed by atoms with Gasteiger partial charge in [-0.3, -0.25) is 0 Å². The number of halogens is 1. The molecule has 1 saturated heterocycles. The predicted octanol–water partition coefficient (Wildman–Crippen LogP) is 4.55. The summed E-state index contributed by atoms with van der Waals surface area (Å²) in [6.07, 6.45) is 5.92. The molecule has 0 atom stereocenters. The smallest absolute Gasteiger partial charge is 0.188 e. The largest absolute Gasteiger partial charge is 0.317 e. The van der Waals surface area contributed by atoms with Crippen LogP contribution in [0.2, 0.25) is 0 Å². The average molecular weight is 354 g/mol. The molecule has 2 N–H and O–H groups in total. The molecule has 6 heteroatoms. The quantitative estimate of drug-likeness (QED) is 0.721. The lowest BCUT2D eigenvalue weighted by atomic mass is 9.91. The van der Waals surface area contributed by atoms with Gasteiger partial charge in [0.2, 0.25) is 0 Å². The number of nitrogens with zero attached hydrogens (tertiary/aromatic N) is 2. The Morgan fingerprint density at radius 2 is 2.00 bits per heavy atom. The fraction of sp³-hybridized carbons (Fsp3) is 0.263. The second-order valence-electron chi connectivity index (χ2n) is 6.16. The maximum Gasteiger partial charge on any atom is 0.188 e. The van der Waals surface area contributed by atoms with Crippen molar-refractivity contribution in [1.82, 2.24) is 15.3 Å². The molecule has 1 aliphatic rings. The minimum atomic E-state index is -0.239. The van der Waals surface area contributed by atoms with Gasteiger partial charge in [-0.2, -0.15) is 0 Å². The molecule has 0 radical (unpaired) electrons. The van der Waals surface area contributed by atoms with Crippen LogP contribution in [-0.2, 0) is 0 Å². The monoisotopic (exact) mass is 354 g/mol. The van der Waals surface area contributed by atoms with Crippen LogP contribution in [-0.4, -0.2) is 23.1 Å². The predicted molar refractivity (Wildman–Crippen MR) is 99.9 cm³/mol. The molecule has 128 valence electrons. The average Bonchev–Trinajstić information content (AvgIpc) is 3.11. The lowest BCUT2D eigenvalue weighted by Crippen LogP contribution is -2.26. The summed E-state index contributed by atoms with van der Waals surface area (Å²) in [4.78, 5) is 9.73. The molecule has 25 heavy (non-hydrogen) atoms. The third-order valence-corrected chi connectivity index (χ3v) is 5.41. The Balaban J connectivity index is 1.51. The zero-order chi connectivity index (χ0) is 17.1. The number of thiazole rings is 1. The third-order valence-electron chi connectivity index (χ3n) is 4.44. The Labute approximate surface area is 150 Å². The molecule has 0 aliphatic carbocycles. The summed E-state index contributed by atoms with van der Waals surface area (Å²) >= 11 is 1.49. The summed E-state index contributed by atoms with van der Waals surface area (Å²) < 4.78 is 13.4. The van der Waals surface area contributed by atoms with Gasteiger partial charge in [0.1, 0.15) is 11.6 Å². The molecule has 1 fully saturated rings. The topological polar surface area (TPSA) is 49.8 Å². The van der Waals surface area contributed by atoms with Crippen LogP contribution in [0, 0.1) is 5.82 Å². The van der Waals surface area contributed by atoms with Crippen molar-refractivity contribution in [1.29, 1.82) is 0 Å². The van der Waals surface area contributed by atoms with Crippen molar-refractivity contribution in [3.05, 3.63) is 60.2 Å². The first kappa shape index (κ1) is 16.2. The van der Waals surface area contributed by atoms with E-state index in [4.69, 9.17) is 0 Å². The minimum Gasteiger partial charge on any atom is -0.317 e. The number of hydrogen-bond donors (Lipinski definition) is 2. The highest BCUT2D eigenvalue weighted by Crippen LogP contribution is 2.32. The van der Waals surface area contributed by atoms with Gasteiger partial charge in [0.05, 0.1) is 4.88 Å². The Hall–Kier alpha value is -2.31. The van der Waals surface area contributed by atoms with Crippen molar-refractivity contribution in [3.63, 3.8) is 0 Å². The van der Waals surface area contributed by atoms with E-state index < -0.39 is 0 Å². The van der Waals surface area contributed by atoms with Gasteiger partial charge in [-0.05, 0) is 67.2 Å². The van der Waals surface area contributed by atoms with Crippen LogP contribution >= 0.6 is 11.3 Å². The normalized spacial score (nSPS) is 15.2. The molecule has 0 amide bonds. The molecule has 0 saturated carbocycles. The molecule has 3 aromatic rings. The van der Waals surface area contributed by atoms with E-state index in [0.717, 1.165) is 47.3 Å². The summed E-state index contributed by atoms with van der Waals surface area (Å²) in [5, 5.41) is 7.43. The Bertz CT molecular complexity index is 858. The molecular formula is C19H19FN4S. The van der Waals surface area contributed by atoms with E-state index in [0.29, 0.717) is 5.92 Å². The molecule has 2 aromatic heterocycles. The highest BCUT2D eigenvalue weighted by molar-refractivity contribution is 7.18. The number of piperidine rings is 1. The van der Waals surface area contributed by atoms with Crippen molar-refractivity contribution in [3.8, 4) is 10.4 Å². The van der Waals surface area contributed by atoms with E-state index >= 15 is 0 Å². The zero-order valence-corrected chi connectivity index (χ0v) is 14.5. The molecule has 3 heterocycles. The number of pyridine rings is 1. The van der Waals surface area contributed by atoms with Crippen molar-refractivity contribution < 1.29 is 4.39 Å². The molecule has 4 rings (SSSR count). The zero-order valence-electron chi connectivity index (χ0n) is 13.7. The summed E-state index contributed by atoms with van der Waals surface area (Å²) in [5.74, 6) is 1.15. The van der Waals surface area contributed by atoms with E-state index in [-0.39, 0.29) is 5.82 Å². The molecule has 1 aliphatic heterocycles. The van der Waals surface area contributed by atoms with Crippen LogP contribution in [0.15, 0.2) is 48.8 Å². The lowest BCUT2D eigenvalue weighted by molar-refractivity contribution is 0.460. The second kappa shape index (κ2) is 7.29. The van der Waals surface area contributed by atoms with E-state index in [1.807, 2.05) is 12.3 Å². The van der Waals surface area contributed by atoms with Crippen molar-refractivity contribution in [2.24, 2.45) is 0 Å². The molecular weight excluding hydrogens is 335 g/mol. The Morgan fingerprint density at radius 3 is 2.84 bits per heavy atom. The van der Waals surface area contributed by atoms with Gasteiger partial charge in [0.25, 0.3) is 0 Å². The first-order valence-electron chi connectivity index (χ1n) is 8.43. The number of nitrogens with one attached hydrogen (secondary N) is 2. The van der Waals surface area contributed by atoms with Crippen LogP contribution in [0.4, 0.5) is 15.3 Å². The van der Waals surface area contributed by atoms with Gasteiger partial charge >= 0.3 is 0 Å². The first-order valence-corrected chi connectivity index (χ1v) is 9.25. The minimum absolute atomic E-state index is 0.239. The maximum absolute atomic E-state index is 13.4. The summed E-state index contributed by atoms with van der Waals surface area (Å²) in [6, 6.07) is 10.8. The van der Waals surface area contributed by atoms with Gasteiger partial charge in [0.15, 0.2) is 5.13 Å². The highest BCUT2D eigenvalue weighted by Gasteiger charge is 2.16. The van der Waals surface area contributed by atoms with Crippen LogP contribution in [0.3, 0.4) is 0 Å². The Kier molecular flexibility index (Phi) is 4.72. The summed E-state index contributed by atoms with van der Waals surface area (Å²) in [7, 11) is 0. The van der Waals surface area contributed by atoms with Crippen LogP contribution < -0.4 is 10.6 Å². The molecule has 0 unspecified atom stereocenters. The van der Waals surface area contributed by atoms with E-state index in [2.05, 4.69) is 32.7 Å². The van der Waals surface area contributed by atoms with Crippen molar-refractivity contribution >= 4 is 22.3 Å². The van der Waals surface area contributed by atoms with Crippen LogP contribution in [0.1, 0.15) is 24.3 Å². The highest BCUT2D eigenvalue weighted by atomic mass is 32.1. The standard InChI is InChI=1S/C19H19FN4S/c20-16-3-1-2-15(10-16)17-12-23-19(25-17)24-18-11-14(6-9-22-18)13-4-7-21-8-5-13/h1-3,6,9-13,21H,4-5,7-8H2,(H,22,23,24). The fourth-order valence-corrected chi connectivity index (χ4v) is 3.96. The van der Waals surface area contributed by atoms with Gasteiger partial charge in [0, 0.05) is 12.4 Å². The number of anilines is 2. The number of benzene rings is 1.